The van der Waals surface area contributed by atoms with Gasteiger partial charge in [0.05, 0.1) is 11.7 Å². The summed E-state index contributed by atoms with van der Waals surface area (Å²) in [6.07, 6.45) is 8.09. The van der Waals surface area contributed by atoms with Crippen molar-refractivity contribution in [2.45, 2.75) is 19.4 Å². The molecule has 3 heteroatoms. The molecule has 0 radical (unpaired) electrons. The molecule has 13 heavy (non-hydrogen) atoms. The molecule has 0 saturated heterocycles. The molecule has 0 aliphatic carbocycles. The van der Waals surface area contributed by atoms with E-state index >= 15 is 0 Å². The van der Waals surface area contributed by atoms with E-state index in [2.05, 4.69) is 16.3 Å². The summed E-state index contributed by atoms with van der Waals surface area (Å²) < 4.78 is 1.81. The molecule has 0 amide bonds. The quantitative estimate of drug-likeness (QED) is 0.682. The summed E-state index contributed by atoms with van der Waals surface area (Å²) in [5.41, 5.74) is 1.10. The Morgan fingerprint density at radius 2 is 2.54 bits per heavy atom. The molecular formula is C10H15N3. The molecule has 1 aromatic heterocycles. The normalized spacial score (nSPS) is 12.4. The molecule has 0 saturated carbocycles. The van der Waals surface area contributed by atoms with Crippen molar-refractivity contribution in [2.75, 3.05) is 6.54 Å². The van der Waals surface area contributed by atoms with Gasteiger partial charge in [0.15, 0.2) is 0 Å². The summed E-state index contributed by atoms with van der Waals surface area (Å²) in [4.78, 5) is 0. The highest BCUT2D eigenvalue weighted by Gasteiger charge is 1.98. The maximum atomic E-state index is 5.22. The van der Waals surface area contributed by atoms with Crippen LogP contribution in [-0.2, 0) is 13.5 Å². The van der Waals surface area contributed by atoms with Crippen LogP contribution in [0.1, 0.15) is 12.6 Å². The second-order valence-corrected chi connectivity index (χ2v) is 3.07. The number of nitrogens with zero attached hydrogens (tertiary/aromatic N) is 2. The van der Waals surface area contributed by atoms with Crippen molar-refractivity contribution in [3.05, 3.63) is 18.0 Å². The standard InChI is InChI=1S/C10H15N3/c1-4-9(2)11-7-5-10-6-8-13(3)12-10/h1,6,8-9,11H,5,7H2,2-3H3. The molecule has 1 aromatic rings. The van der Waals surface area contributed by atoms with Gasteiger partial charge < -0.3 is 5.32 Å². The van der Waals surface area contributed by atoms with Crippen LogP contribution in [-0.4, -0.2) is 22.4 Å². The average molecular weight is 177 g/mol. The first-order chi connectivity index (χ1) is 6.22. The van der Waals surface area contributed by atoms with Crippen LogP contribution < -0.4 is 5.32 Å². The lowest BCUT2D eigenvalue weighted by Gasteiger charge is -2.04. The Morgan fingerprint density at radius 1 is 1.77 bits per heavy atom. The molecule has 0 spiro atoms. The molecule has 0 aliphatic rings. The zero-order valence-corrected chi connectivity index (χ0v) is 8.12. The van der Waals surface area contributed by atoms with Gasteiger partial charge >= 0.3 is 0 Å². The van der Waals surface area contributed by atoms with Gasteiger partial charge in [0.1, 0.15) is 0 Å². The van der Waals surface area contributed by atoms with Crippen molar-refractivity contribution >= 4 is 0 Å². The smallest absolute Gasteiger partial charge is 0.0658 e. The van der Waals surface area contributed by atoms with E-state index in [-0.39, 0.29) is 6.04 Å². The molecule has 0 bridgehead atoms. The lowest BCUT2D eigenvalue weighted by molar-refractivity contribution is 0.633. The second kappa shape index (κ2) is 4.68. The van der Waals surface area contributed by atoms with E-state index in [1.54, 1.807) is 4.68 Å². The minimum absolute atomic E-state index is 0.142. The number of hydrogen-bond donors (Lipinski definition) is 1. The van der Waals surface area contributed by atoms with Crippen molar-refractivity contribution in [3.63, 3.8) is 0 Å². The van der Waals surface area contributed by atoms with Gasteiger partial charge in [-0.3, -0.25) is 4.68 Å². The van der Waals surface area contributed by atoms with Crippen LogP contribution in [0, 0.1) is 12.3 Å². The highest BCUT2D eigenvalue weighted by Crippen LogP contribution is 1.94. The summed E-state index contributed by atoms with van der Waals surface area (Å²) in [5.74, 6) is 2.62. The molecule has 3 nitrogen and oxygen atoms in total. The van der Waals surface area contributed by atoms with E-state index < -0.39 is 0 Å². The van der Waals surface area contributed by atoms with E-state index in [9.17, 15) is 0 Å². The average Bonchev–Trinajstić information content (AvgIpc) is 2.51. The van der Waals surface area contributed by atoms with Gasteiger partial charge in [-0.25, -0.2) is 0 Å². The molecule has 70 valence electrons. The zero-order valence-electron chi connectivity index (χ0n) is 8.12. The van der Waals surface area contributed by atoms with Crippen molar-refractivity contribution in [1.82, 2.24) is 15.1 Å². The van der Waals surface area contributed by atoms with Gasteiger partial charge in [0.25, 0.3) is 0 Å². The lowest BCUT2D eigenvalue weighted by Crippen LogP contribution is -2.26. The summed E-state index contributed by atoms with van der Waals surface area (Å²) >= 11 is 0. The largest absolute Gasteiger partial charge is 0.304 e. The molecule has 1 N–H and O–H groups in total. The maximum Gasteiger partial charge on any atom is 0.0658 e. The third kappa shape index (κ3) is 3.30. The first kappa shape index (κ1) is 9.82. The van der Waals surface area contributed by atoms with Crippen LogP contribution in [0.25, 0.3) is 0 Å². The predicted molar refractivity (Wildman–Crippen MR) is 53.2 cm³/mol. The third-order valence-electron chi connectivity index (χ3n) is 1.85. The SMILES string of the molecule is C#CC(C)NCCc1ccn(C)n1. The van der Waals surface area contributed by atoms with Crippen molar-refractivity contribution in [3.8, 4) is 12.3 Å². The van der Waals surface area contributed by atoms with Crippen LogP contribution in [0.5, 0.6) is 0 Å². The summed E-state index contributed by atoms with van der Waals surface area (Å²) in [6.45, 7) is 2.85. The first-order valence-electron chi connectivity index (χ1n) is 4.40. The molecule has 1 atom stereocenters. The minimum atomic E-state index is 0.142. The van der Waals surface area contributed by atoms with Crippen LogP contribution in [0.15, 0.2) is 12.3 Å². The number of terminal acetylenes is 1. The van der Waals surface area contributed by atoms with Crippen LogP contribution in [0.2, 0.25) is 0 Å². The Kier molecular flexibility index (Phi) is 3.53. The molecule has 0 aliphatic heterocycles. The van der Waals surface area contributed by atoms with Crippen molar-refractivity contribution in [2.24, 2.45) is 7.05 Å². The molecule has 1 unspecified atom stereocenters. The minimum Gasteiger partial charge on any atom is -0.304 e. The van der Waals surface area contributed by atoms with Crippen LogP contribution in [0.4, 0.5) is 0 Å². The summed E-state index contributed by atoms with van der Waals surface area (Å²) in [6, 6.07) is 2.16. The maximum absolute atomic E-state index is 5.22. The molecular weight excluding hydrogens is 162 g/mol. The van der Waals surface area contributed by atoms with E-state index in [1.165, 1.54) is 0 Å². The molecule has 1 rings (SSSR count). The van der Waals surface area contributed by atoms with Crippen LogP contribution in [0.3, 0.4) is 0 Å². The highest BCUT2D eigenvalue weighted by atomic mass is 15.2. The number of hydrogen-bond acceptors (Lipinski definition) is 2. The van der Waals surface area contributed by atoms with Gasteiger partial charge in [0, 0.05) is 26.2 Å². The van der Waals surface area contributed by atoms with Gasteiger partial charge in [-0.1, -0.05) is 5.92 Å². The number of aromatic nitrogens is 2. The highest BCUT2D eigenvalue weighted by molar-refractivity contribution is 5.00. The van der Waals surface area contributed by atoms with Crippen LogP contribution >= 0.6 is 0 Å². The van der Waals surface area contributed by atoms with E-state index in [0.29, 0.717) is 0 Å². The Labute approximate surface area is 79.1 Å². The Balaban J connectivity index is 2.25. The van der Waals surface area contributed by atoms with Gasteiger partial charge in [0.2, 0.25) is 0 Å². The van der Waals surface area contributed by atoms with E-state index in [0.717, 1.165) is 18.7 Å². The topological polar surface area (TPSA) is 29.9 Å². The van der Waals surface area contributed by atoms with Crippen molar-refractivity contribution in [1.29, 1.82) is 0 Å². The predicted octanol–water partition coefficient (Wildman–Crippen LogP) is 0.574. The monoisotopic (exact) mass is 177 g/mol. The Hall–Kier alpha value is -1.27. The fraction of sp³-hybridized carbons (Fsp3) is 0.500. The molecule has 0 aromatic carbocycles. The summed E-state index contributed by atoms with van der Waals surface area (Å²) in [5, 5.41) is 7.46. The molecule has 1 heterocycles. The Morgan fingerprint density at radius 3 is 3.08 bits per heavy atom. The summed E-state index contributed by atoms with van der Waals surface area (Å²) in [7, 11) is 1.92. The van der Waals surface area contributed by atoms with E-state index in [1.807, 2.05) is 26.2 Å². The number of rotatable bonds is 4. The third-order valence-corrected chi connectivity index (χ3v) is 1.85. The second-order valence-electron chi connectivity index (χ2n) is 3.07. The zero-order chi connectivity index (χ0) is 9.68. The lowest BCUT2D eigenvalue weighted by atomic mass is 10.3. The first-order valence-corrected chi connectivity index (χ1v) is 4.40. The van der Waals surface area contributed by atoms with E-state index in [4.69, 9.17) is 6.42 Å². The van der Waals surface area contributed by atoms with Gasteiger partial charge in [-0.05, 0) is 13.0 Å². The molecule has 0 fully saturated rings. The number of aryl methyl sites for hydroxylation is 1. The fourth-order valence-corrected chi connectivity index (χ4v) is 1.07. The van der Waals surface area contributed by atoms with Gasteiger partial charge in [-0.2, -0.15) is 5.10 Å². The van der Waals surface area contributed by atoms with Crippen molar-refractivity contribution < 1.29 is 0 Å². The van der Waals surface area contributed by atoms with Gasteiger partial charge in [-0.15, -0.1) is 6.42 Å². The number of nitrogens with one attached hydrogen (secondary N) is 1. The fourth-order valence-electron chi connectivity index (χ4n) is 1.07. The Bertz CT molecular complexity index is 295.